The summed E-state index contributed by atoms with van der Waals surface area (Å²) in [5, 5.41) is 4.53. The fourth-order valence-electron chi connectivity index (χ4n) is 8.31. The molecule has 0 saturated carbocycles. The third-order valence-electron chi connectivity index (χ3n) is 11.1. The van der Waals surface area contributed by atoms with E-state index >= 15 is 0 Å². The number of hydrogen-bond donors (Lipinski definition) is 0. The van der Waals surface area contributed by atoms with Crippen molar-refractivity contribution >= 4 is 60.9 Å². The SMILES string of the molecule is c1ccc(-c2ccc(-c3ccc(N(c4ccc(-c5cccc6c5oc5ccccc56)cc4)c4ccc(-c5cccc6oc7ccccc7c56)cc4)cc3)cc2)cc1. The van der Waals surface area contributed by atoms with Gasteiger partial charge in [0, 0.05) is 44.2 Å². The maximum absolute atomic E-state index is 6.41. The largest absolute Gasteiger partial charge is 0.456 e. The normalized spacial score (nSPS) is 11.5. The van der Waals surface area contributed by atoms with Crippen LogP contribution in [0.15, 0.2) is 221 Å². The van der Waals surface area contributed by atoms with E-state index in [1.54, 1.807) is 0 Å². The molecule has 268 valence electrons. The fraction of sp³-hybridized carbons (Fsp3) is 0. The van der Waals surface area contributed by atoms with E-state index in [1.165, 1.54) is 22.3 Å². The lowest BCUT2D eigenvalue weighted by Crippen LogP contribution is -2.09. The summed E-state index contributed by atoms with van der Waals surface area (Å²) in [6, 6.07) is 75.1. The first-order valence-corrected chi connectivity index (χ1v) is 19.3. The number of anilines is 3. The summed E-state index contributed by atoms with van der Waals surface area (Å²) in [6.07, 6.45) is 0. The molecule has 11 aromatic rings. The average Bonchev–Trinajstić information content (AvgIpc) is 3.87. The van der Waals surface area contributed by atoms with Crippen LogP contribution in [0.1, 0.15) is 0 Å². The summed E-state index contributed by atoms with van der Waals surface area (Å²) in [6.45, 7) is 0. The summed E-state index contributed by atoms with van der Waals surface area (Å²) < 4.78 is 12.6. The molecule has 0 aliphatic rings. The molecule has 0 fully saturated rings. The number of para-hydroxylation sites is 3. The van der Waals surface area contributed by atoms with Gasteiger partial charge in [0.15, 0.2) is 0 Å². The van der Waals surface area contributed by atoms with Gasteiger partial charge in [0.1, 0.15) is 22.3 Å². The van der Waals surface area contributed by atoms with Crippen molar-refractivity contribution in [2.45, 2.75) is 0 Å². The van der Waals surface area contributed by atoms with Crippen LogP contribution >= 0.6 is 0 Å². The van der Waals surface area contributed by atoms with Crippen LogP contribution in [0.3, 0.4) is 0 Å². The molecule has 11 rings (SSSR count). The number of benzene rings is 9. The molecule has 0 bridgehead atoms. The highest BCUT2D eigenvalue weighted by Crippen LogP contribution is 2.42. The van der Waals surface area contributed by atoms with Crippen LogP contribution in [0.2, 0.25) is 0 Å². The minimum atomic E-state index is 0.896. The molecule has 0 unspecified atom stereocenters. The molecule has 0 amide bonds. The average molecular weight is 730 g/mol. The van der Waals surface area contributed by atoms with Crippen molar-refractivity contribution in [1.82, 2.24) is 0 Å². The number of hydrogen-bond acceptors (Lipinski definition) is 3. The van der Waals surface area contributed by atoms with Crippen molar-refractivity contribution in [3.8, 4) is 44.5 Å². The van der Waals surface area contributed by atoms with Crippen LogP contribution in [-0.4, -0.2) is 0 Å². The first-order chi connectivity index (χ1) is 28.2. The lowest BCUT2D eigenvalue weighted by molar-refractivity contribution is 0.669. The molecule has 3 nitrogen and oxygen atoms in total. The molecule has 0 saturated heterocycles. The van der Waals surface area contributed by atoms with Gasteiger partial charge in [0.05, 0.1) is 0 Å². The number of fused-ring (bicyclic) bond motifs is 6. The van der Waals surface area contributed by atoms with Gasteiger partial charge in [-0.25, -0.2) is 0 Å². The maximum Gasteiger partial charge on any atom is 0.143 e. The molecular formula is C54H35NO2. The van der Waals surface area contributed by atoms with E-state index < -0.39 is 0 Å². The molecule has 0 atom stereocenters. The molecule has 2 heterocycles. The first kappa shape index (κ1) is 32.8. The molecule has 0 N–H and O–H groups in total. The topological polar surface area (TPSA) is 29.5 Å². The third kappa shape index (κ3) is 5.76. The molecule has 0 radical (unpaired) electrons. The van der Waals surface area contributed by atoms with E-state index in [4.69, 9.17) is 8.83 Å². The van der Waals surface area contributed by atoms with Crippen molar-refractivity contribution in [3.05, 3.63) is 212 Å². The molecule has 9 aromatic carbocycles. The van der Waals surface area contributed by atoms with Gasteiger partial charge in [0.2, 0.25) is 0 Å². The van der Waals surface area contributed by atoms with Gasteiger partial charge < -0.3 is 13.7 Å². The lowest BCUT2D eigenvalue weighted by atomic mass is 9.98. The Hall–Kier alpha value is -7.62. The molecule has 0 aliphatic heterocycles. The number of nitrogens with zero attached hydrogens (tertiary/aromatic N) is 1. The van der Waals surface area contributed by atoms with Gasteiger partial charge in [-0.15, -0.1) is 0 Å². The van der Waals surface area contributed by atoms with Gasteiger partial charge in [-0.3, -0.25) is 0 Å². The Balaban J connectivity index is 0.977. The summed E-state index contributed by atoms with van der Waals surface area (Å²) in [5.74, 6) is 0. The predicted octanol–water partition coefficient (Wildman–Crippen LogP) is 15.6. The first-order valence-electron chi connectivity index (χ1n) is 19.3. The molecule has 0 spiro atoms. The smallest absolute Gasteiger partial charge is 0.143 e. The minimum Gasteiger partial charge on any atom is -0.456 e. The highest BCUT2D eigenvalue weighted by molar-refractivity contribution is 6.12. The standard InChI is InChI=1S/C54H35NO2/c1-2-10-36(11-3-1)37-20-22-38(23-21-37)39-24-30-42(31-25-39)55(43-32-26-40(27-33-43)45-14-9-19-52-53(45)49-13-5-7-18-51(49)56-52)44-34-28-41(29-35-44)46-15-8-16-48-47-12-4-6-17-50(47)57-54(46)48/h1-35H. The van der Waals surface area contributed by atoms with E-state index in [2.05, 4.69) is 193 Å². The summed E-state index contributed by atoms with van der Waals surface area (Å²) in [7, 11) is 0. The van der Waals surface area contributed by atoms with Crippen LogP contribution < -0.4 is 4.90 Å². The molecule has 3 heteroatoms. The van der Waals surface area contributed by atoms with Gasteiger partial charge in [0.25, 0.3) is 0 Å². The van der Waals surface area contributed by atoms with Gasteiger partial charge >= 0.3 is 0 Å². The molecule has 2 aromatic heterocycles. The molecular weight excluding hydrogens is 695 g/mol. The lowest BCUT2D eigenvalue weighted by Gasteiger charge is -2.26. The van der Waals surface area contributed by atoms with Crippen LogP contribution in [-0.2, 0) is 0 Å². The Morgan fingerprint density at radius 2 is 0.684 bits per heavy atom. The van der Waals surface area contributed by atoms with Crippen molar-refractivity contribution in [2.24, 2.45) is 0 Å². The predicted molar refractivity (Wildman–Crippen MR) is 237 cm³/mol. The van der Waals surface area contributed by atoms with Crippen LogP contribution in [0.4, 0.5) is 17.1 Å². The van der Waals surface area contributed by atoms with Gasteiger partial charge in [-0.1, -0.05) is 158 Å². The minimum absolute atomic E-state index is 0.896. The van der Waals surface area contributed by atoms with E-state index in [-0.39, 0.29) is 0 Å². The van der Waals surface area contributed by atoms with Crippen LogP contribution in [0.5, 0.6) is 0 Å². The van der Waals surface area contributed by atoms with Gasteiger partial charge in [-0.05, 0) is 93.5 Å². The maximum atomic E-state index is 6.41. The highest BCUT2D eigenvalue weighted by Gasteiger charge is 2.17. The van der Waals surface area contributed by atoms with E-state index in [0.717, 1.165) is 83.2 Å². The molecule has 0 aliphatic carbocycles. The second-order valence-electron chi connectivity index (χ2n) is 14.5. The second-order valence-corrected chi connectivity index (χ2v) is 14.5. The van der Waals surface area contributed by atoms with Crippen LogP contribution in [0, 0.1) is 0 Å². The van der Waals surface area contributed by atoms with Crippen molar-refractivity contribution < 1.29 is 8.83 Å². The molecule has 57 heavy (non-hydrogen) atoms. The van der Waals surface area contributed by atoms with Crippen LogP contribution in [0.25, 0.3) is 88.4 Å². The van der Waals surface area contributed by atoms with E-state index in [1.807, 2.05) is 24.3 Å². The van der Waals surface area contributed by atoms with Crippen molar-refractivity contribution in [2.75, 3.05) is 4.90 Å². The van der Waals surface area contributed by atoms with E-state index in [9.17, 15) is 0 Å². The Kier molecular flexibility index (Phi) is 7.82. The Labute approximate surface area is 330 Å². The third-order valence-corrected chi connectivity index (χ3v) is 11.1. The Bertz CT molecular complexity index is 3190. The Morgan fingerprint density at radius 3 is 1.32 bits per heavy atom. The summed E-state index contributed by atoms with van der Waals surface area (Å²) >= 11 is 0. The number of furan rings is 2. The van der Waals surface area contributed by atoms with Gasteiger partial charge in [-0.2, -0.15) is 0 Å². The quantitative estimate of drug-likeness (QED) is 0.164. The Morgan fingerprint density at radius 1 is 0.263 bits per heavy atom. The zero-order chi connectivity index (χ0) is 37.7. The fourth-order valence-corrected chi connectivity index (χ4v) is 8.31. The number of rotatable bonds is 7. The van der Waals surface area contributed by atoms with Crippen molar-refractivity contribution in [1.29, 1.82) is 0 Å². The zero-order valence-corrected chi connectivity index (χ0v) is 31.0. The van der Waals surface area contributed by atoms with E-state index in [0.29, 0.717) is 0 Å². The van der Waals surface area contributed by atoms with Crippen molar-refractivity contribution in [3.63, 3.8) is 0 Å². The zero-order valence-electron chi connectivity index (χ0n) is 31.0. The monoisotopic (exact) mass is 729 g/mol. The highest BCUT2D eigenvalue weighted by atomic mass is 16.3. The summed E-state index contributed by atoms with van der Waals surface area (Å²) in [4.78, 5) is 2.32. The summed E-state index contributed by atoms with van der Waals surface area (Å²) in [5.41, 5.74) is 16.1. The second kappa shape index (κ2) is 13.6.